The summed E-state index contributed by atoms with van der Waals surface area (Å²) in [5.41, 5.74) is 4.71. The molecule has 0 nitrogen and oxygen atoms in total. The van der Waals surface area contributed by atoms with Gasteiger partial charge >= 0.3 is 0 Å². The molecule has 0 heteroatoms. The molecule has 1 saturated carbocycles. The van der Waals surface area contributed by atoms with Gasteiger partial charge in [-0.1, -0.05) is 108 Å². The van der Waals surface area contributed by atoms with Crippen LogP contribution in [0.1, 0.15) is 140 Å². The molecule has 3 rings (SSSR count). The van der Waals surface area contributed by atoms with Gasteiger partial charge in [-0.2, -0.15) is 0 Å². The van der Waals surface area contributed by atoms with Crippen LogP contribution in [-0.2, 0) is 0 Å². The molecule has 1 fully saturated rings. The average Bonchev–Trinajstić information content (AvgIpc) is 2.81. The van der Waals surface area contributed by atoms with Crippen molar-refractivity contribution < 1.29 is 0 Å². The Morgan fingerprint density at radius 3 is 2.00 bits per heavy atom. The number of allylic oxidation sites excluding steroid dienone is 2. The van der Waals surface area contributed by atoms with E-state index in [1.54, 1.807) is 11.1 Å². The van der Waals surface area contributed by atoms with Crippen LogP contribution in [0.3, 0.4) is 0 Å². The van der Waals surface area contributed by atoms with Crippen LogP contribution in [0.2, 0.25) is 0 Å². The van der Waals surface area contributed by atoms with Gasteiger partial charge < -0.3 is 0 Å². The highest BCUT2D eigenvalue weighted by Gasteiger charge is 2.22. The van der Waals surface area contributed by atoms with E-state index in [2.05, 4.69) is 44.2 Å². The molecular weight excluding hydrogens is 360 g/mol. The highest BCUT2D eigenvalue weighted by molar-refractivity contribution is 5.66. The van der Waals surface area contributed by atoms with Crippen molar-refractivity contribution in [1.82, 2.24) is 0 Å². The number of hydrogen-bond acceptors (Lipinski definition) is 0. The minimum Gasteiger partial charge on any atom is -0.0804 e. The largest absolute Gasteiger partial charge is 0.0804 e. The number of unbranched alkanes of at least 4 members (excludes halogenated alkanes) is 6. The fourth-order valence-corrected chi connectivity index (χ4v) is 5.87. The van der Waals surface area contributed by atoms with Crippen molar-refractivity contribution in [3.63, 3.8) is 0 Å². The van der Waals surface area contributed by atoms with E-state index in [1.807, 2.05) is 0 Å². The Balaban J connectivity index is 1.39. The minimum atomic E-state index is 0.818. The monoisotopic (exact) mass is 408 g/mol. The summed E-state index contributed by atoms with van der Waals surface area (Å²) in [5, 5.41) is 0. The lowest BCUT2D eigenvalue weighted by atomic mass is 9.76. The van der Waals surface area contributed by atoms with Gasteiger partial charge in [0.25, 0.3) is 0 Å². The van der Waals surface area contributed by atoms with E-state index >= 15 is 0 Å². The normalized spacial score (nSPS) is 24.6. The van der Waals surface area contributed by atoms with Crippen molar-refractivity contribution in [2.24, 2.45) is 11.8 Å². The van der Waals surface area contributed by atoms with Crippen LogP contribution in [0.25, 0.3) is 5.57 Å². The average molecular weight is 409 g/mol. The van der Waals surface area contributed by atoms with Crippen LogP contribution in [0.5, 0.6) is 0 Å². The molecule has 168 valence electrons. The van der Waals surface area contributed by atoms with Crippen LogP contribution in [0.4, 0.5) is 0 Å². The van der Waals surface area contributed by atoms with Crippen LogP contribution in [-0.4, -0.2) is 0 Å². The Morgan fingerprint density at radius 2 is 1.33 bits per heavy atom. The van der Waals surface area contributed by atoms with Crippen molar-refractivity contribution in [2.45, 2.75) is 129 Å². The third-order valence-corrected chi connectivity index (χ3v) is 8.05. The summed E-state index contributed by atoms with van der Waals surface area (Å²) in [6.45, 7) is 4.63. The topological polar surface area (TPSA) is 0 Å². The summed E-state index contributed by atoms with van der Waals surface area (Å²) in [7, 11) is 0. The van der Waals surface area contributed by atoms with Gasteiger partial charge in [0.1, 0.15) is 0 Å². The second-order valence-electron chi connectivity index (χ2n) is 10.4. The Hall–Kier alpha value is -1.04. The first-order valence-electron chi connectivity index (χ1n) is 13.6. The molecule has 2 aliphatic rings. The fourth-order valence-electron chi connectivity index (χ4n) is 5.87. The summed E-state index contributed by atoms with van der Waals surface area (Å²) in [5.74, 6) is 2.78. The van der Waals surface area contributed by atoms with Gasteiger partial charge in [-0.25, -0.2) is 0 Å². The second kappa shape index (κ2) is 13.4. The van der Waals surface area contributed by atoms with E-state index in [4.69, 9.17) is 0 Å². The molecule has 0 spiro atoms. The summed E-state index contributed by atoms with van der Waals surface area (Å²) in [6.07, 6.45) is 26.6. The number of benzene rings is 1. The van der Waals surface area contributed by atoms with Crippen LogP contribution >= 0.6 is 0 Å². The molecule has 1 aromatic carbocycles. The van der Waals surface area contributed by atoms with E-state index in [0.29, 0.717) is 0 Å². The van der Waals surface area contributed by atoms with Gasteiger partial charge in [0.15, 0.2) is 0 Å². The predicted molar refractivity (Wildman–Crippen MR) is 134 cm³/mol. The highest BCUT2D eigenvalue weighted by atomic mass is 14.3. The van der Waals surface area contributed by atoms with E-state index in [-0.39, 0.29) is 0 Å². The highest BCUT2D eigenvalue weighted by Crippen LogP contribution is 2.39. The van der Waals surface area contributed by atoms with E-state index in [9.17, 15) is 0 Å². The third kappa shape index (κ3) is 7.58. The fraction of sp³-hybridized carbons (Fsp3) is 0.733. The molecule has 0 heterocycles. The van der Waals surface area contributed by atoms with Gasteiger partial charge in [0.2, 0.25) is 0 Å². The predicted octanol–water partition coefficient (Wildman–Crippen LogP) is 10.1. The molecule has 1 aromatic rings. The van der Waals surface area contributed by atoms with Crippen molar-refractivity contribution in [3.05, 3.63) is 41.5 Å². The van der Waals surface area contributed by atoms with Gasteiger partial charge in [0, 0.05) is 0 Å². The first kappa shape index (κ1) is 23.6. The molecule has 30 heavy (non-hydrogen) atoms. The summed E-state index contributed by atoms with van der Waals surface area (Å²) >= 11 is 0. The maximum Gasteiger partial charge on any atom is -0.0162 e. The number of hydrogen-bond donors (Lipinski definition) is 0. The first-order valence-corrected chi connectivity index (χ1v) is 13.6. The van der Waals surface area contributed by atoms with Gasteiger partial charge in [-0.05, 0) is 79.4 Å². The van der Waals surface area contributed by atoms with E-state index < -0.39 is 0 Å². The second-order valence-corrected chi connectivity index (χ2v) is 10.4. The molecule has 0 aromatic heterocycles. The lowest BCUT2D eigenvalue weighted by Crippen LogP contribution is -2.13. The summed E-state index contributed by atoms with van der Waals surface area (Å²) in [4.78, 5) is 0. The zero-order chi connectivity index (χ0) is 21.0. The molecule has 0 amide bonds. The molecule has 0 aliphatic heterocycles. The molecule has 0 radical (unpaired) electrons. The molecule has 1 atom stereocenters. The lowest BCUT2D eigenvalue weighted by Gasteiger charge is -2.29. The van der Waals surface area contributed by atoms with Crippen molar-refractivity contribution in [1.29, 1.82) is 0 Å². The summed E-state index contributed by atoms with van der Waals surface area (Å²) in [6, 6.07) is 9.77. The Bertz CT molecular complexity index is 599. The molecular formula is C30H48. The zero-order valence-electron chi connectivity index (χ0n) is 20.1. The molecule has 2 aliphatic carbocycles. The van der Waals surface area contributed by atoms with Crippen LogP contribution in [0.15, 0.2) is 30.3 Å². The van der Waals surface area contributed by atoms with E-state index in [1.165, 1.54) is 115 Å². The summed E-state index contributed by atoms with van der Waals surface area (Å²) < 4.78 is 0. The standard InChI is InChI=1S/C30H48/c1-3-5-7-8-9-10-12-26-15-19-28(20-16-26)30-23-21-29(22-24-30)27-17-13-25(14-18-27)11-6-4-2/h19,21-27H,3-18,20H2,1-2H3/t25-,26?,27-. The van der Waals surface area contributed by atoms with Gasteiger partial charge in [-0.3, -0.25) is 0 Å². The van der Waals surface area contributed by atoms with Crippen molar-refractivity contribution in [2.75, 3.05) is 0 Å². The van der Waals surface area contributed by atoms with Gasteiger partial charge in [0.05, 0.1) is 0 Å². The zero-order valence-corrected chi connectivity index (χ0v) is 20.1. The smallest absolute Gasteiger partial charge is 0.0162 e. The van der Waals surface area contributed by atoms with Crippen molar-refractivity contribution in [3.8, 4) is 0 Å². The minimum absolute atomic E-state index is 0.818. The molecule has 0 N–H and O–H groups in total. The maximum atomic E-state index is 2.57. The van der Waals surface area contributed by atoms with Gasteiger partial charge in [-0.15, -0.1) is 0 Å². The quantitative estimate of drug-likeness (QED) is 0.302. The Morgan fingerprint density at radius 1 is 0.667 bits per heavy atom. The first-order chi connectivity index (χ1) is 14.8. The van der Waals surface area contributed by atoms with Crippen molar-refractivity contribution >= 4 is 5.57 Å². The number of rotatable bonds is 12. The lowest BCUT2D eigenvalue weighted by molar-refractivity contribution is 0.304. The van der Waals surface area contributed by atoms with Crippen LogP contribution < -0.4 is 0 Å². The third-order valence-electron chi connectivity index (χ3n) is 8.05. The van der Waals surface area contributed by atoms with E-state index in [0.717, 1.165) is 17.8 Å². The molecule has 0 bridgehead atoms. The SMILES string of the molecule is CCCCCCCCC1CC=C(c2ccc([C@H]3CC[C@H](CCCC)CC3)cc2)CC1. The Kier molecular flexibility index (Phi) is 10.5. The van der Waals surface area contributed by atoms with Crippen LogP contribution in [0, 0.1) is 11.8 Å². The Labute approximate surface area is 187 Å². The molecule has 1 unspecified atom stereocenters. The maximum absolute atomic E-state index is 2.57. The molecule has 0 saturated heterocycles.